The number of hydrogen-bond acceptors (Lipinski definition) is 4. The van der Waals surface area contributed by atoms with Crippen LogP contribution < -0.4 is 10.6 Å². The van der Waals surface area contributed by atoms with E-state index < -0.39 is 0 Å². The molecule has 0 fully saturated rings. The van der Waals surface area contributed by atoms with E-state index in [1.807, 2.05) is 36.4 Å². The molecule has 0 saturated heterocycles. The Kier molecular flexibility index (Phi) is 5.36. The van der Waals surface area contributed by atoms with Crippen molar-refractivity contribution >= 4 is 11.6 Å². The van der Waals surface area contributed by atoms with Gasteiger partial charge in [-0.2, -0.15) is 0 Å². The molecule has 0 bridgehead atoms. The van der Waals surface area contributed by atoms with Crippen molar-refractivity contribution in [1.82, 2.24) is 15.3 Å². The summed E-state index contributed by atoms with van der Waals surface area (Å²) in [5, 5.41) is 6.23. The van der Waals surface area contributed by atoms with Crippen LogP contribution in [0.15, 0.2) is 73.2 Å². The molecule has 1 aromatic carbocycles. The maximum Gasteiger partial charge on any atom is 0.253 e. The minimum absolute atomic E-state index is 0.120. The summed E-state index contributed by atoms with van der Waals surface area (Å²) >= 11 is 0. The standard InChI is InChI=1S/C20H20N4O/c1-15(16-7-3-2-4-8-16)24-19-11-17(12-21-13-19)20(25)23-14-18-9-5-6-10-22-18/h2-13,15,24H,14H2,1H3,(H,23,25). The van der Waals surface area contributed by atoms with Crippen molar-refractivity contribution in [2.75, 3.05) is 5.32 Å². The fourth-order valence-electron chi connectivity index (χ4n) is 2.49. The molecule has 1 amide bonds. The van der Waals surface area contributed by atoms with Crippen LogP contribution >= 0.6 is 0 Å². The number of nitrogens with zero attached hydrogens (tertiary/aromatic N) is 2. The first kappa shape index (κ1) is 16.6. The van der Waals surface area contributed by atoms with Gasteiger partial charge in [0.25, 0.3) is 5.91 Å². The highest BCUT2D eigenvalue weighted by molar-refractivity contribution is 5.94. The predicted octanol–water partition coefficient (Wildman–Crippen LogP) is 3.58. The van der Waals surface area contributed by atoms with E-state index in [9.17, 15) is 4.79 Å². The molecule has 1 atom stereocenters. The Hall–Kier alpha value is -3.21. The molecule has 0 saturated carbocycles. The highest BCUT2D eigenvalue weighted by Gasteiger charge is 2.09. The Bertz CT molecular complexity index is 821. The number of carbonyl (C=O) groups is 1. The van der Waals surface area contributed by atoms with E-state index in [2.05, 4.69) is 39.7 Å². The van der Waals surface area contributed by atoms with Crippen molar-refractivity contribution < 1.29 is 4.79 Å². The van der Waals surface area contributed by atoms with Crippen LogP contribution in [0.4, 0.5) is 5.69 Å². The van der Waals surface area contributed by atoms with Gasteiger partial charge in [0.15, 0.2) is 0 Å². The van der Waals surface area contributed by atoms with Gasteiger partial charge in [-0.1, -0.05) is 36.4 Å². The molecule has 0 aliphatic carbocycles. The molecular formula is C20H20N4O. The fraction of sp³-hybridized carbons (Fsp3) is 0.150. The summed E-state index contributed by atoms with van der Waals surface area (Å²) < 4.78 is 0. The highest BCUT2D eigenvalue weighted by atomic mass is 16.1. The van der Waals surface area contributed by atoms with E-state index in [0.717, 1.165) is 11.4 Å². The van der Waals surface area contributed by atoms with E-state index in [4.69, 9.17) is 0 Å². The van der Waals surface area contributed by atoms with Gasteiger partial charge in [-0.25, -0.2) is 0 Å². The molecule has 0 aliphatic heterocycles. The lowest BCUT2D eigenvalue weighted by Crippen LogP contribution is -2.23. The summed E-state index contributed by atoms with van der Waals surface area (Å²) in [7, 11) is 0. The number of anilines is 1. The second-order valence-electron chi connectivity index (χ2n) is 5.74. The Labute approximate surface area is 147 Å². The quantitative estimate of drug-likeness (QED) is 0.724. The molecule has 3 aromatic rings. The van der Waals surface area contributed by atoms with Crippen molar-refractivity contribution in [1.29, 1.82) is 0 Å². The summed E-state index contributed by atoms with van der Waals surface area (Å²) in [5.41, 5.74) is 3.31. The number of rotatable bonds is 6. The van der Waals surface area contributed by atoms with Crippen molar-refractivity contribution in [3.05, 3.63) is 90.0 Å². The van der Waals surface area contributed by atoms with Crippen molar-refractivity contribution in [3.63, 3.8) is 0 Å². The van der Waals surface area contributed by atoms with Crippen LogP contribution in [0.5, 0.6) is 0 Å². The second kappa shape index (κ2) is 8.06. The number of amides is 1. The highest BCUT2D eigenvalue weighted by Crippen LogP contribution is 2.19. The van der Waals surface area contributed by atoms with E-state index in [-0.39, 0.29) is 11.9 Å². The van der Waals surface area contributed by atoms with Gasteiger partial charge >= 0.3 is 0 Å². The first-order valence-corrected chi connectivity index (χ1v) is 8.17. The Morgan fingerprint density at radius 3 is 2.64 bits per heavy atom. The molecule has 2 heterocycles. The number of pyridine rings is 2. The molecule has 0 radical (unpaired) electrons. The number of carbonyl (C=O) groups excluding carboxylic acids is 1. The van der Waals surface area contributed by atoms with Gasteiger partial charge in [0.05, 0.1) is 23.5 Å². The lowest BCUT2D eigenvalue weighted by molar-refractivity contribution is 0.0950. The smallest absolute Gasteiger partial charge is 0.253 e. The normalized spacial score (nSPS) is 11.6. The lowest BCUT2D eigenvalue weighted by atomic mass is 10.1. The largest absolute Gasteiger partial charge is 0.377 e. The summed E-state index contributed by atoms with van der Waals surface area (Å²) in [4.78, 5) is 20.7. The molecule has 25 heavy (non-hydrogen) atoms. The van der Waals surface area contributed by atoms with Gasteiger partial charge in [-0.15, -0.1) is 0 Å². The van der Waals surface area contributed by atoms with Crippen LogP contribution in [0.1, 0.15) is 34.6 Å². The van der Waals surface area contributed by atoms with Gasteiger partial charge in [0.2, 0.25) is 0 Å². The second-order valence-corrected chi connectivity index (χ2v) is 5.74. The SMILES string of the molecule is CC(Nc1cncc(C(=O)NCc2ccccn2)c1)c1ccccc1. The zero-order chi connectivity index (χ0) is 17.5. The van der Waals surface area contributed by atoms with Crippen molar-refractivity contribution in [2.24, 2.45) is 0 Å². The van der Waals surface area contributed by atoms with E-state index in [1.54, 1.807) is 24.7 Å². The molecule has 5 nitrogen and oxygen atoms in total. The first-order valence-electron chi connectivity index (χ1n) is 8.17. The Balaban J connectivity index is 1.63. The maximum absolute atomic E-state index is 12.3. The number of aromatic nitrogens is 2. The van der Waals surface area contributed by atoms with Gasteiger partial charge in [0.1, 0.15) is 0 Å². The third kappa shape index (κ3) is 4.64. The molecule has 5 heteroatoms. The number of hydrogen-bond donors (Lipinski definition) is 2. The topological polar surface area (TPSA) is 66.9 Å². The van der Waals surface area contributed by atoms with Gasteiger partial charge in [-0.05, 0) is 30.7 Å². The monoisotopic (exact) mass is 332 g/mol. The van der Waals surface area contributed by atoms with Crippen LogP contribution in [0, 0.1) is 0 Å². The van der Waals surface area contributed by atoms with Crippen LogP contribution in [-0.4, -0.2) is 15.9 Å². The van der Waals surface area contributed by atoms with Gasteiger partial charge in [-0.3, -0.25) is 14.8 Å². The van der Waals surface area contributed by atoms with Crippen LogP contribution in [0.3, 0.4) is 0 Å². The Morgan fingerprint density at radius 1 is 1.08 bits per heavy atom. The number of benzene rings is 1. The van der Waals surface area contributed by atoms with Crippen molar-refractivity contribution in [2.45, 2.75) is 19.5 Å². The maximum atomic E-state index is 12.3. The first-order chi connectivity index (χ1) is 12.2. The average Bonchev–Trinajstić information content (AvgIpc) is 2.68. The third-order valence-corrected chi connectivity index (χ3v) is 3.84. The number of nitrogens with one attached hydrogen (secondary N) is 2. The molecule has 3 rings (SSSR count). The van der Waals surface area contributed by atoms with E-state index >= 15 is 0 Å². The molecular weight excluding hydrogens is 312 g/mol. The molecule has 0 aliphatic rings. The van der Waals surface area contributed by atoms with E-state index in [0.29, 0.717) is 12.1 Å². The Morgan fingerprint density at radius 2 is 1.88 bits per heavy atom. The molecule has 1 unspecified atom stereocenters. The van der Waals surface area contributed by atoms with Gasteiger partial charge in [0, 0.05) is 24.6 Å². The fourth-order valence-corrected chi connectivity index (χ4v) is 2.49. The average molecular weight is 332 g/mol. The zero-order valence-electron chi connectivity index (χ0n) is 14.0. The summed E-state index contributed by atoms with van der Waals surface area (Å²) in [6, 6.07) is 17.7. The van der Waals surface area contributed by atoms with Crippen molar-refractivity contribution in [3.8, 4) is 0 Å². The third-order valence-electron chi connectivity index (χ3n) is 3.84. The molecule has 126 valence electrons. The molecule has 2 N–H and O–H groups in total. The minimum Gasteiger partial charge on any atom is -0.377 e. The van der Waals surface area contributed by atoms with Crippen LogP contribution in [-0.2, 0) is 6.54 Å². The zero-order valence-corrected chi connectivity index (χ0v) is 14.0. The van der Waals surface area contributed by atoms with Crippen LogP contribution in [0.2, 0.25) is 0 Å². The summed E-state index contributed by atoms with van der Waals surface area (Å²) in [5.74, 6) is -0.172. The van der Waals surface area contributed by atoms with Crippen LogP contribution in [0.25, 0.3) is 0 Å². The summed E-state index contributed by atoms with van der Waals surface area (Å²) in [6.07, 6.45) is 4.99. The van der Waals surface area contributed by atoms with Gasteiger partial charge < -0.3 is 10.6 Å². The molecule has 0 spiro atoms. The molecule has 2 aromatic heterocycles. The summed E-state index contributed by atoms with van der Waals surface area (Å²) in [6.45, 7) is 2.46. The minimum atomic E-state index is -0.172. The lowest BCUT2D eigenvalue weighted by Gasteiger charge is -2.16. The predicted molar refractivity (Wildman–Crippen MR) is 98.1 cm³/mol. The van der Waals surface area contributed by atoms with E-state index in [1.165, 1.54) is 5.56 Å².